The third kappa shape index (κ3) is 16.9. The largest absolute Gasteiger partial charge is 0.527 e. The minimum atomic E-state index is -4.33. The van der Waals surface area contributed by atoms with Crippen molar-refractivity contribution >= 4 is 7.82 Å². The molecule has 2 rings (SSSR count). The highest BCUT2D eigenvalue weighted by molar-refractivity contribution is 7.47. The number of hydrogen-bond acceptors (Lipinski definition) is 7. The fourth-order valence-electron chi connectivity index (χ4n) is 5.12. The lowest BCUT2D eigenvalue weighted by Crippen LogP contribution is -2.25. The minimum absolute atomic E-state index is 0.0912. The molecular formula is C33H59N2O6P. The molecule has 9 heteroatoms. The highest BCUT2D eigenvalue weighted by atomic mass is 31.2. The molecule has 0 saturated carbocycles. The summed E-state index contributed by atoms with van der Waals surface area (Å²) in [4.78, 5) is 14.8. The van der Waals surface area contributed by atoms with Crippen LogP contribution in [0.15, 0.2) is 36.7 Å². The Balaban J connectivity index is 1.54. The molecule has 0 aliphatic carbocycles. The second kappa shape index (κ2) is 22.9. The van der Waals surface area contributed by atoms with Gasteiger partial charge in [-0.1, -0.05) is 116 Å². The third-order valence-electron chi connectivity index (χ3n) is 7.63. The van der Waals surface area contributed by atoms with Crippen LogP contribution < -0.4 is 4.52 Å². The molecule has 1 aromatic rings. The van der Waals surface area contributed by atoms with Gasteiger partial charge < -0.3 is 23.8 Å². The number of benzene rings is 1. The summed E-state index contributed by atoms with van der Waals surface area (Å²) in [7, 11) is -2.79. The van der Waals surface area contributed by atoms with E-state index in [-0.39, 0.29) is 6.61 Å². The smallest absolute Gasteiger partial charge is 0.404 e. The molecule has 1 aromatic carbocycles. The van der Waals surface area contributed by atoms with Gasteiger partial charge in [0.2, 0.25) is 0 Å². The quantitative estimate of drug-likeness (QED) is 0.0783. The lowest BCUT2D eigenvalue weighted by atomic mass is 10.0. The van der Waals surface area contributed by atoms with E-state index in [0.29, 0.717) is 25.5 Å². The number of nitrogens with zero attached hydrogens (tertiary/aromatic N) is 2. The Bertz CT molecular complexity index is 886. The summed E-state index contributed by atoms with van der Waals surface area (Å²) in [6.45, 7) is 7.64. The van der Waals surface area contributed by atoms with Gasteiger partial charge in [-0.15, -0.1) is 0 Å². The summed E-state index contributed by atoms with van der Waals surface area (Å²) < 4.78 is 34.7. The van der Waals surface area contributed by atoms with Gasteiger partial charge in [-0.3, -0.25) is 9.42 Å². The van der Waals surface area contributed by atoms with Gasteiger partial charge in [0.25, 0.3) is 0 Å². The predicted molar refractivity (Wildman–Crippen MR) is 171 cm³/mol. The number of unbranched alkanes of at least 4 members (excludes halogenated alkanes) is 13. The van der Waals surface area contributed by atoms with Crippen molar-refractivity contribution in [3.63, 3.8) is 0 Å². The van der Waals surface area contributed by atoms with E-state index in [1.54, 1.807) is 19.2 Å². The van der Waals surface area contributed by atoms with E-state index in [4.69, 9.17) is 18.5 Å². The summed E-state index contributed by atoms with van der Waals surface area (Å²) in [5.41, 5.74) is 0.818. The Kier molecular flexibility index (Phi) is 20.0. The van der Waals surface area contributed by atoms with Crippen molar-refractivity contribution in [2.24, 2.45) is 0 Å². The van der Waals surface area contributed by atoms with Crippen molar-refractivity contribution in [2.75, 3.05) is 40.1 Å². The number of rotatable bonds is 27. The maximum absolute atomic E-state index is 12.7. The Morgan fingerprint density at radius 1 is 0.810 bits per heavy atom. The molecule has 2 unspecified atom stereocenters. The van der Waals surface area contributed by atoms with Gasteiger partial charge in [0.15, 0.2) is 0 Å². The molecule has 1 aliphatic heterocycles. The average molecular weight is 611 g/mol. The van der Waals surface area contributed by atoms with Crippen LogP contribution >= 0.6 is 7.82 Å². The Labute approximate surface area is 256 Å². The van der Waals surface area contributed by atoms with Crippen LogP contribution in [0.25, 0.3) is 0 Å². The molecular weight excluding hydrogens is 551 g/mol. The summed E-state index contributed by atoms with van der Waals surface area (Å²) in [6, 6.07) is 7.27. The molecule has 242 valence electrons. The fourth-order valence-corrected chi connectivity index (χ4v) is 5.95. The van der Waals surface area contributed by atoms with Crippen LogP contribution in [0.1, 0.15) is 116 Å². The SMILES string of the molecule is CCCCCCCCCCCCCCCCOCC(COP(=O)(O)Oc1ccccc1CN1C=CN(CCC)C1)OC. The van der Waals surface area contributed by atoms with Gasteiger partial charge in [0.05, 0.1) is 19.9 Å². The van der Waals surface area contributed by atoms with E-state index < -0.39 is 13.9 Å². The zero-order valence-corrected chi connectivity index (χ0v) is 27.6. The van der Waals surface area contributed by atoms with Gasteiger partial charge in [-0.25, -0.2) is 4.57 Å². The molecule has 2 atom stereocenters. The van der Waals surface area contributed by atoms with Crippen molar-refractivity contribution in [2.45, 2.75) is 123 Å². The second-order valence-electron chi connectivity index (χ2n) is 11.5. The molecule has 0 bridgehead atoms. The van der Waals surface area contributed by atoms with E-state index in [0.717, 1.165) is 38.0 Å². The monoisotopic (exact) mass is 610 g/mol. The molecule has 0 fully saturated rings. The number of phosphoric ester groups is 1. The number of ether oxygens (including phenoxy) is 2. The zero-order chi connectivity index (χ0) is 30.3. The van der Waals surface area contributed by atoms with Crippen LogP contribution in [0.5, 0.6) is 5.75 Å². The molecule has 0 amide bonds. The Hall–Kier alpha value is -1.57. The number of hydrogen-bond donors (Lipinski definition) is 1. The maximum atomic E-state index is 12.7. The van der Waals surface area contributed by atoms with Crippen molar-refractivity contribution in [1.82, 2.24) is 9.80 Å². The molecule has 0 spiro atoms. The lowest BCUT2D eigenvalue weighted by Gasteiger charge is -2.23. The predicted octanol–water partition coefficient (Wildman–Crippen LogP) is 8.65. The summed E-state index contributed by atoms with van der Waals surface area (Å²) in [6.07, 6.45) is 23.3. The normalized spacial score (nSPS) is 15.3. The summed E-state index contributed by atoms with van der Waals surface area (Å²) in [5, 5.41) is 0. The van der Waals surface area contributed by atoms with Crippen molar-refractivity contribution in [3.8, 4) is 5.75 Å². The zero-order valence-electron chi connectivity index (χ0n) is 26.7. The molecule has 1 N–H and O–H groups in total. The molecule has 42 heavy (non-hydrogen) atoms. The first-order chi connectivity index (χ1) is 20.5. The first-order valence-corrected chi connectivity index (χ1v) is 18.0. The lowest BCUT2D eigenvalue weighted by molar-refractivity contribution is -0.0197. The minimum Gasteiger partial charge on any atom is -0.404 e. The Morgan fingerprint density at radius 3 is 2.02 bits per heavy atom. The molecule has 0 aromatic heterocycles. The van der Waals surface area contributed by atoms with E-state index in [1.807, 2.05) is 18.3 Å². The number of phosphoric acid groups is 1. The van der Waals surface area contributed by atoms with Crippen LogP contribution in [0.2, 0.25) is 0 Å². The highest BCUT2D eigenvalue weighted by Crippen LogP contribution is 2.45. The van der Waals surface area contributed by atoms with Crippen molar-refractivity contribution < 1.29 is 28.0 Å². The number of para-hydroxylation sites is 1. The van der Waals surface area contributed by atoms with Gasteiger partial charge in [-0.2, -0.15) is 0 Å². The standard InChI is InChI=1S/C33H59N2O6P/c1-4-6-7-8-9-10-11-12-13-14-15-16-17-20-26-39-28-32(38-3)29-40-42(36,37)41-33-22-19-18-21-31(33)27-35-25-24-34(30-35)23-5-2/h18-19,21-22,24-25,32H,4-17,20,23,26-30H2,1-3H3,(H,36,37). The van der Waals surface area contributed by atoms with Crippen LogP contribution in [-0.2, 0) is 25.1 Å². The first-order valence-electron chi connectivity index (χ1n) is 16.5. The summed E-state index contributed by atoms with van der Waals surface area (Å²) in [5.74, 6) is 0.341. The molecule has 0 radical (unpaired) electrons. The van der Waals surface area contributed by atoms with Crippen LogP contribution in [0.3, 0.4) is 0 Å². The Morgan fingerprint density at radius 2 is 1.40 bits per heavy atom. The maximum Gasteiger partial charge on any atom is 0.527 e. The van der Waals surface area contributed by atoms with Gasteiger partial charge in [0.1, 0.15) is 11.9 Å². The summed E-state index contributed by atoms with van der Waals surface area (Å²) >= 11 is 0. The van der Waals surface area contributed by atoms with Crippen LogP contribution in [-0.4, -0.2) is 60.9 Å². The molecule has 1 aliphatic rings. The fraction of sp³-hybridized carbons (Fsp3) is 0.758. The molecule has 0 saturated heterocycles. The molecule has 1 heterocycles. The van der Waals surface area contributed by atoms with Crippen molar-refractivity contribution in [1.29, 1.82) is 0 Å². The van der Waals surface area contributed by atoms with E-state index >= 15 is 0 Å². The van der Waals surface area contributed by atoms with Gasteiger partial charge in [0, 0.05) is 44.8 Å². The highest BCUT2D eigenvalue weighted by Gasteiger charge is 2.27. The third-order valence-corrected chi connectivity index (χ3v) is 8.53. The second-order valence-corrected chi connectivity index (χ2v) is 12.9. The average Bonchev–Trinajstić information content (AvgIpc) is 3.42. The van der Waals surface area contributed by atoms with E-state index in [9.17, 15) is 9.46 Å². The van der Waals surface area contributed by atoms with Crippen LogP contribution in [0.4, 0.5) is 0 Å². The van der Waals surface area contributed by atoms with Crippen molar-refractivity contribution in [3.05, 3.63) is 42.2 Å². The van der Waals surface area contributed by atoms with Gasteiger partial charge >= 0.3 is 7.82 Å². The topological polar surface area (TPSA) is 80.7 Å². The molecule has 8 nitrogen and oxygen atoms in total. The van der Waals surface area contributed by atoms with Crippen LogP contribution in [0, 0.1) is 0 Å². The first kappa shape index (κ1) is 36.6. The number of methoxy groups -OCH3 is 1. The van der Waals surface area contributed by atoms with E-state index in [1.165, 1.54) is 77.0 Å². The van der Waals surface area contributed by atoms with E-state index in [2.05, 4.69) is 29.8 Å². The van der Waals surface area contributed by atoms with Gasteiger partial charge in [-0.05, 0) is 18.9 Å².